The van der Waals surface area contributed by atoms with Crippen molar-refractivity contribution in [1.29, 1.82) is 0 Å². The summed E-state index contributed by atoms with van der Waals surface area (Å²) in [6.45, 7) is 2.98. The number of nitrogens with one attached hydrogen (secondary N) is 1. The van der Waals surface area contributed by atoms with Crippen molar-refractivity contribution in [2.24, 2.45) is 0 Å². The third-order valence-electron chi connectivity index (χ3n) is 2.67. The molecule has 0 unspecified atom stereocenters. The fraction of sp³-hybridized carbons (Fsp3) is 0.231. The van der Waals surface area contributed by atoms with Gasteiger partial charge >= 0.3 is 0 Å². The second-order valence-corrected chi connectivity index (χ2v) is 4.06. The van der Waals surface area contributed by atoms with Gasteiger partial charge in [0, 0.05) is 31.0 Å². The fourth-order valence-corrected chi connectivity index (χ4v) is 1.62. The average molecular weight is 245 g/mol. The number of nitrogens with zero attached hydrogens (tertiary/aromatic N) is 2. The van der Waals surface area contributed by atoms with Crippen LogP contribution in [-0.4, -0.2) is 27.1 Å². The van der Waals surface area contributed by atoms with Gasteiger partial charge in [0.05, 0.1) is 6.33 Å². The first-order chi connectivity index (χ1) is 8.66. The Hall–Kier alpha value is -2.30. The van der Waals surface area contributed by atoms with Crippen LogP contribution in [0.1, 0.15) is 15.9 Å². The molecule has 18 heavy (non-hydrogen) atoms. The van der Waals surface area contributed by atoms with Crippen LogP contribution in [0.5, 0.6) is 5.75 Å². The number of hydrogen-bond acceptors (Lipinski definition) is 3. The van der Waals surface area contributed by atoms with Gasteiger partial charge in [-0.1, -0.05) is 0 Å². The molecule has 5 heteroatoms. The number of carbonyl (C=O) groups excluding carboxylic acids is 1. The Morgan fingerprint density at radius 3 is 3.00 bits per heavy atom. The zero-order valence-corrected chi connectivity index (χ0v) is 10.1. The third-order valence-corrected chi connectivity index (χ3v) is 2.67. The fourth-order valence-electron chi connectivity index (χ4n) is 1.62. The summed E-state index contributed by atoms with van der Waals surface area (Å²) >= 11 is 0. The highest BCUT2D eigenvalue weighted by molar-refractivity contribution is 5.94. The van der Waals surface area contributed by atoms with Gasteiger partial charge in [-0.25, -0.2) is 4.98 Å². The molecule has 0 saturated heterocycles. The van der Waals surface area contributed by atoms with Gasteiger partial charge in [0.25, 0.3) is 5.91 Å². The highest BCUT2D eigenvalue weighted by Gasteiger charge is 2.06. The average Bonchev–Trinajstić information content (AvgIpc) is 2.85. The molecule has 0 aliphatic heterocycles. The van der Waals surface area contributed by atoms with E-state index in [1.165, 1.54) is 6.07 Å². The Labute approximate surface area is 105 Å². The Morgan fingerprint density at radius 2 is 2.33 bits per heavy atom. The third kappa shape index (κ3) is 2.88. The van der Waals surface area contributed by atoms with Crippen LogP contribution in [-0.2, 0) is 6.54 Å². The molecule has 0 saturated carbocycles. The highest BCUT2D eigenvalue weighted by atomic mass is 16.3. The Balaban J connectivity index is 1.89. The Morgan fingerprint density at radius 1 is 1.50 bits per heavy atom. The largest absolute Gasteiger partial charge is 0.508 e. The van der Waals surface area contributed by atoms with E-state index in [2.05, 4.69) is 10.3 Å². The van der Waals surface area contributed by atoms with Crippen LogP contribution in [0.2, 0.25) is 0 Å². The number of amides is 1. The summed E-state index contributed by atoms with van der Waals surface area (Å²) in [6.07, 6.45) is 5.25. The summed E-state index contributed by atoms with van der Waals surface area (Å²) in [5.41, 5.74) is 1.24. The van der Waals surface area contributed by atoms with Gasteiger partial charge in [-0.2, -0.15) is 0 Å². The van der Waals surface area contributed by atoms with Crippen LogP contribution in [0.3, 0.4) is 0 Å². The SMILES string of the molecule is Cc1cc(C(=O)NCCn2ccnc2)ccc1O. The van der Waals surface area contributed by atoms with Gasteiger partial charge in [-0.3, -0.25) is 4.79 Å². The molecule has 0 spiro atoms. The van der Waals surface area contributed by atoms with Crippen LogP contribution in [0.15, 0.2) is 36.9 Å². The summed E-state index contributed by atoms with van der Waals surface area (Å²) in [5, 5.41) is 12.2. The molecule has 0 aliphatic carbocycles. The number of aromatic nitrogens is 2. The lowest BCUT2D eigenvalue weighted by Crippen LogP contribution is -2.27. The monoisotopic (exact) mass is 245 g/mol. The lowest BCUT2D eigenvalue weighted by Gasteiger charge is -2.07. The first-order valence-electron chi connectivity index (χ1n) is 5.70. The summed E-state index contributed by atoms with van der Waals surface area (Å²) in [4.78, 5) is 15.7. The van der Waals surface area contributed by atoms with Crippen LogP contribution in [0.4, 0.5) is 0 Å². The number of imidazole rings is 1. The zero-order valence-electron chi connectivity index (χ0n) is 10.1. The van der Waals surface area contributed by atoms with Crippen molar-refractivity contribution < 1.29 is 9.90 Å². The standard InChI is InChI=1S/C13H15N3O2/c1-10-8-11(2-3-12(10)17)13(18)15-5-7-16-6-4-14-9-16/h2-4,6,8-9,17H,5,7H2,1H3,(H,15,18). The van der Waals surface area contributed by atoms with Crippen molar-refractivity contribution in [3.63, 3.8) is 0 Å². The van der Waals surface area contributed by atoms with Crippen molar-refractivity contribution >= 4 is 5.91 Å². The van der Waals surface area contributed by atoms with Gasteiger partial charge in [0.2, 0.25) is 0 Å². The Kier molecular flexibility index (Phi) is 3.62. The summed E-state index contributed by atoms with van der Waals surface area (Å²) < 4.78 is 1.89. The van der Waals surface area contributed by atoms with Crippen molar-refractivity contribution in [3.05, 3.63) is 48.0 Å². The maximum Gasteiger partial charge on any atom is 0.251 e. The number of aryl methyl sites for hydroxylation is 1. The minimum Gasteiger partial charge on any atom is -0.508 e. The number of carbonyl (C=O) groups is 1. The second kappa shape index (κ2) is 5.35. The van der Waals surface area contributed by atoms with Crippen LogP contribution >= 0.6 is 0 Å². The molecule has 5 nitrogen and oxygen atoms in total. The van der Waals surface area contributed by atoms with Gasteiger partial charge in [0.15, 0.2) is 0 Å². The number of phenols is 1. The van der Waals surface area contributed by atoms with E-state index in [1.807, 2.05) is 10.8 Å². The number of aromatic hydroxyl groups is 1. The summed E-state index contributed by atoms with van der Waals surface area (Å²) in [7, 11) is 0. The molecule has 1 aromatic heterocycles. The van der Waals surface area contributed by atoms with E-state index in [0.717, 1.165) is 0 Å². The molecule has 2 N–H and O–H groups in total. The predicted octanol–water partition coefficient (Wildman–Crippen LogP) is 1.33. The normalized spacial score (nSPS) is 10.3. The molecule has 1 heterocycles. The molecule has 94 valence electrons. The van der Waals surface area contributed by atoms with E-state index in [4.69, 9.17) is 0 Å². The smallest absolute Gasteiger partial charge is 0.251 e. The van der Waals surface area contributed by atoms with E-state index in [0.29, 0.717) is 24.2 Å². The van der Waals surface area contributed by atoms with E-state index >= 15 is 0 Å². The molecular formula is C13H15N3O2. The van der Waals surface area contributed by atoms with Gasteiger partial charge in [-0.15, -0.1) is 0 Å². The number of rotatable bonds is 4. The van der Waals surface area contributed by atoms with E-state index in [-0.39, 0.29) is 11.7 Å². The highest BCUT2D eigenvalue weighted by Crippen LogP contribution is 2.16. The molecule has 0 atom stereocenters. The molecule has 0 fully saturated rings. The molecule has 0 bridgehead atoms. The quantitative estimate of drug-likeness (QED) is 0.853. The number of phenolic OH excluding ortho intramolecular Hbond substituents is 1. The van der Waals surface area contributed by atoms with Crippen molar-refractivity contribution in [2.45, 2.75) is 13.5 Å². The molecule has 2 rings (SSSR count). The summed E-state index contributed by atoms with van der Waals surface area (Å²) in [6, 6.07) is 4.80. The second-order valence-electron chi connectivity index (χ2n) is 4.06. The molecule has 1 aromatic carbocycles. The molecular weight excluding hydrogens is 230 g/mol. The zero-order chi connectivity index (χ0) is 13.0. The maximum absolute atomic E-state index is 11.8. The van der Waals surface area contributed by atoms with E-state index in [1.54, 1.807) is 31.6 Å². The van der Waals surface area contributed by atoms with Crippen LogP contribution < -0.4 is 5.32 Å². The van der Waals surface area contributed by atoms with Crippen LogP contribution in [0, 0.1) is 6.92 Å². The van der Waals surface area contributed by atoms with Crippen molar-refractivity contribution in [1.82, 2.24) is 14.9 Å². The topological polar surface area (TPSA) is 67.2 Å². The van der Waals surface area contributed by atoms with Crippen molar-refractivity contribution in [2.75, 3.05) is 6.54 Å². The van der Waals surface area contributed by atoms with Crippen LogP contribution in [0.25, 0.3) is 0 Å². The lowest BCUT2D eigenvalue weighted by molar-refractivity contribution is 0.0952. The Bertz CT molecular complexity index is 535. The van der Waals surface area contributed by atoms with Gasteiger partial charge in [0.1, 0.15) is 5.75 Å². The number of benzene rings is 1. The predicted molar refractivity (Wildman–Crippen MR) is 67.4 cm³/mol. The lowest BCUT2D eigenvalue weighted by atomic mass is 10.1. The number of hydrogen-bond donors (Lipinski definition) is 2. The molecule has 1 amide bonds. The van der Waals surface area contributed by atoms with E-state index < -0.39 is 0 Å². The first kappa shape index (κ1) is 12.2. The minimum atomic E-state index is -0.141. The van der Waals surface area contributed by atoms with Gasteiger partial charge < -0.3 is 15.0 Å². The minimum absolute atomic E-state index is 0.141. The van der Waals surface area contributed by atoms with E-state index in [9.17, 15) is 9.90 Å². The van der Waals surface area contributed by atoms with Crippen molar-refractivity contribution in [3.8, 4) is 5.75 Å². The molecule has 2 aromatic rings. The summed E-state index contributed by atoms with van der Waals surface area (Å²) in [5.74, 6) is 0.0585. The maximum atomic E-state index is 11.8. The first-order valence-corrected chi connectivity index (χ1v) is 5.70. The van der Waals surface area contributed by atoms with Gasteiger partial charge in [-0.05, 0) is 30.7 Å². The molecule has 0 radical (unpaired) electrons. The molecule has 0 aliphatic rings.